The van der Waals surface area contributed by atoms with Gasteiger partial charge < -0.3 is 10.4 Å². The van der Waals surface area contributed by atoms with Crippen LogP contribution in [0.25, 0.3) is 0 Å². The van der Waals surface area contributed by atoms with Crippen LogP contribution in [-0.4, -0.2) is 50.1 Å². The third-order valence-corrected chi connectivity index (χ3v) is 4.37. The highest BCUT2D eigenvalue weighted by Crippen LogP contribution is 2.22. The van der Waals surface area contributed by atoms with Gasteiger partial charge in [0.1, 0.15) is 0 Å². The number of rotatable bonds is 9. The normalized spacial score (nSPS) is 13.0. The molecule has 3 N–H and O–H groups in total. The molecule has 0 bridgehead atoms. The molecule has 21 heavy (non-hydrogen) atoms. The zero-order valence-electron chi connectivity index (χ0n) is 11.0. The van der Waals surface area contributed by atoms with E-state index < -0.39 is 26.7 Å². The quantitative estimate of drug-likeness (QED) is 0.253. The Labute approximate surface area is 127 Å². The highest BCUT2D eigenvalue weighted by atomic mass is 35.5. The van der Waals surface area contributed by atoms with Gasteiger partial charge in [0.25, 0.3) is 5.69 Å². The van der Waals surface area contributed by atoms with Crippen LogP contribution in [0.1, 0.15) is 0 Å². The average Bonchev–Trinajstić information content (AvgIpc) is 2.46. The van der Waals surface area contributed by atoms with E-state index in [0.717, 1.165) is 6.07 Å². The van der Waals surface area contributed by atoms with E-state index in [1.54, 1.807) is 0 Å². The monoisotopic (exact) mass is 337 g/mol. The van der Waals surface area contributed by atoms with Crippen LogP contribution in [-0.2, 0) is 10.0 Å². The van der Waals surface area contributed by atoms with Gasteiger partial charge in [-0.3, -0.25) is 10.1 Å². The van der Waals surface area contributed by atoms with Crippen molar-refractivity contribution >= 4 is 27.3 Å². The number of hydrogen-bond donors (Lipinski definition) is 3. The summed E-state index contributed by atoms with van der Waals surface area (Å²) in [5.41, 5.74) is -0.476. The van der Waals surface area contributed by atoms with E-state index in [4.69, 9.17) is 11.6 Å². The Kier molecular flexibility index (Phi) is 6.99. The molecule has 0 amide bonds. The molecular weight excluding hydrogens is 322 g/mol. The minimum atomic E-state index is -3.96. The van der Waals surface area contributed by atoms with Crippen LogP contribution in [0, 0.1) is 10.1 Å². The Morgan fingerprint density at radius 1 is 1.33 bits per heavy atom. The lowest BCUT2D eigenvalue weighted by Crippen LogP contribution is -2.35. The maximum Gasteiger partial charge on any atom is 0.289 e. The fraction of sp³-hybridized carbons (Fsp3) is 0.455. The predicted molar refractivity (Wildman–Crippen MR) is 77.9 cm³/mol. The highest BCUT2D eigenvalue weighted by Gasteiger charge is 2.24. The smallest absolute Gasteiger partial charge is 0.289 e. The number of sulfonamides is 1. The van der Waals surface area contributed by atoms with E-state index in [2.05, 4.69) is 10.0 Å². The molecule has 1 aromatic rings. The molecular formula is C11H16ClN3O5S. The van der Waals surface area contributed by atoms with Crippen LogP contribution in [0.2, 0.25) is 0 Å². The second-order valence-electron chi connectivity index (χ2n) is 4.13. The van der Waals surface area contributed by atoms with Gasteiger partial charge in [0.05, 0.1) is 11.0 Å². The SMILES string of the molecule is O=[N+]([O-])c1ccccc1S(=O)(=O)NCCNC[C@@H](O)CCl. The van der Waals surface area contributed by atoms with E-state index in [1.165, 1.54) is 18.2 Å². The number of benzene rings is 1. The largest absolute Gasteiger partial charge is 0.391 e. The molecule has 0 aliphatic carbocycles. The maximum atomic E-state index is 12.0. The minimum absolute atomic E-state index is 0.0311. The van der Waals surface area contributed by atoms with Gasteiger partial charge in [0.2, 0.25) is 10.0 Å². The predicted octanol–water partition coefficient (Wildman–Crippen LogP) is 0.0624. The van der Waals surface area contributed by atoms with Crippen molar-refractivity contribution in [2.24, 2.45) is 0 Å². The number of aliphatic hydroxyl groups excluding tert-OH is 1. The Balaban J connectivity index is 2.60. The number of nitro benzene ring substituents is 1. The number of alkyl halides is 1. The first kappa shape index (κ1) is 17.8. The van der Waals surface area contributed by atoms with Crippen LogP contribution in [0.15, 0.2) is 29.2 Å². The summed E-state index contributed by atoms with van der Waals surface area (Å²) >= 11 is 5.40. The molecule has 0 aromatic heterocycles. The van der Waals surface area contributed by atoms with E-state index in [9.17, 15) is 23.6 Å². The zero-order valence-corrected chi connectivity index (χ0v) is 12.6. The lowest BCUT2D eigenvalue weighted by atomic mass is 10.3. The summed E-state index contributed by atoms with van der Waals surface area (Å²) < 4.78 is 26.2. The number of nitrogens with one attached hydrogen (secondary N) is 2. The van der Waals surface area contributed by atoms with Gasteiger partial charge in [0.15, 0.2) is 4.90 Å². The van der Waals surface area contributed by atoms with E-state index >= 15 is 0 Å². The number of nitro groups is 1. The van der Waals surface area contributed by atoms with Crippen molar-refractivity contribution in [3.05, 3.63) is 34.4 Å². The summed E-state index contributed by atoms with van der Waals surface area (Å²) in [6, 6.07) is 5.11. The lowest BCUT2D eigenvalue weighted by Gasteiger charge is -2.10. The van der Waals surface area contributed by atoms with Crippen LogP contribution < -0.4 is 10.0 Å². The topological polar surface area (TPSA) is 122 Å². The first-order chi connectivity index (χ1) is 9.88. The number of hydrogen-bond acceptors (Lipinski definition) is 6. The second-order valence-corrected chi connectivity index (χ2v) is 6.18. The van der Waals surface area contributed by atoms with Crippen LogP contribution >= 0.6 is 11.6 Å². The van der Waals surface area contributed by atoms with Gasteiger partial charge in [-0.25, -0.2) is 13.1 Å². The summed E-state index contributed by atoms with van der Waals surface area (Å²) in [7, 11) is -3.96. The fourth-order valence-electron chi connectivity index (χ4n) is 1.51. The molecule has 0 aliphatic heterocycles. The molecule has 0 aliphatic rings. The van der Waals surface area contributed by atoms with Gasteiger partial charge in [-0.1, -0.05) is 12.1 Å². The molecule has 0 heterocycles. The Morgan fingerprint density at radius 2 is 2.00 bits per heavy atom. The lowest BCUT2D eigenvalue weighted by molar-refractivity contribution is -0.387. The van der Waals surface area contributed by atoms with Crippen molar-refractivity contribution in [1.29, 1.82) is 0 Å². The minimum Gasteiger partial charge on any atom is -0.391 e. The molecule has 8 nitrogen and oxygen atoms in total. The fourth-order valence-corrected chi connectivity index (χ4v) is 2.82. The van der Waals surface area contributed by atoms with E-state index in [1.807, 2.05) is 0 Å². The zero-order chi connectivity index (χ0) is 15.9. The molecule has 0 fully saturated rings. The van der Waals surface area contributed by atoms with Gasteiger partial charge in [-0.05, 0) is 6.07 Å². The first-order valence-electron chi connectivity index (χ1n) is 6.06. The van der Waals surface area contributed by atoms with Crippen LogP contribution in [0.3, 0.4) is 0 Å². The van der Waals surface area contributed by atoms with Crippen LogP contribution in [0.4, 0.5) is 5.69 Å². The Hall–Kier alpha value is -1.26. The first-order valence-corrected chi connectivity index (χ1v) is 8.08. The van der Waals surface area contributed by atoms with E-state index in [0.29, 0.717) is 0 Å². The Morgan fingerprint density at radius 3 is 2.62 bits per heavy atom. The Bertz CT molecular complexity index is 581. The van der Waals surface area contributed by atoms with E-state index in [-0.39, 0.29) is 30.4 Å². The van der Waals surface area contributed by atoms with Crippen molar-refractivity contribution in [2.75, 3.05) is 25.5 Å². The molecule has 0 spiro atoms. The molecule has 10 heteroatoms. The van der Waals surface area contributed by atoms with Gasteiger partial charge in [-0.15, -0.1) is 11.6 Å². The molecule has 118 valence electrons. The summed E-state index contributed by atoms with van der Waals surface area (Å²) in [5, 5.41) is 22.8. The van der Waals surface area contributed by atoms with Gasteiger partial charge in [0, 0.05) is 31.6 Å². The molecule has 0 saturated heterocycles. The standard InChI is InChI=1S/C11H16ClN3O5S/c12-7-9(16)8-13-5-6-14-21(19,20)11-4-2-1-3-10(11)15(17)18/h1-4,9,13-14,16H,5-8H2/t9-/m0/s1. The molecule has 0 radical (unpaired) electrons. The summed E-state index contributed by atoms with van der Waals surface area (Å²) in [6.45, 7) is 0.522. The summed E-state index contributed by atoms with van der Waals surface area (Å²) in [6.07, 6.45) is -0.710. The molecule has 1 rings (SSSR count). The van der Waals surface area contributed by atoms with Crippen LogP contribution in [0.5, 0.6) is 0 Å². The number of halogens is 1. The molecule has 1 atom stereocenters. The van der Waals surface area contributed by atoms with Crippen molar-refractivity contribution < 1.29 is 18.4 Å². The third kappa shape index (κ3) is 5.56. The van der Waals surface area contributed by atoms with Crippen molar-refractivity contribution in [1.82, 2.24) is 10.0 Å². The molecule has 0 saturated carbocycles. The number of aliphatic hydroxyl groups is 1. The van der Waals surface area contributed by atoms with Gasteiger partial charge in [-0.2, -0.15) is 0 Å². The van der Waals surface area contributed by atoms with Gasteiger partial charge >= 0.3 is 0 Å². The number of para-hydroxylation sites is 1. The van der Waals surface area contributed by atoms with Crippen molar-refractivity contribution in [3.63, 3.8) is 0 Å². The molecule has 1 aromatic carbocycles. The van der Waals surface area contributed by atoms with Crippen molar-refractivity contribution in [2.45, 2.75) is 11.0 Å². The summed E-state index contributed by atoms with van der Waals surface area (Å²) in [5.74, 6) is 0.0783. The highest BCUT2D eigenvalue weighted by molar-refractivity contribution is 7.89. The molecule has 0 unspecified atom stereocenters. The third-order valence-electron chi connectivity index (χ3n) is 2.50. The summed E-state index contributed by atoms with van der Waals surface area (Å²) in [4.78, 5) is 9.69. The maximum absolute atomic E-state index is 12.0. The average molecular weight is 338 g/mol. The van der Waals surface area contributed by atoms with Crippen molar-refractivity contribution in [3.8, 4) is 0 Å². The number of nitrogens with zero attached hydrogens (tertiary/aromatic N) is 1. The second kappa shape index (κ2) is 8.25.